The third kappa shape index (κ3) is 8.43. The molecule has 6 heteroatoms. The van der Waals surface area contributed by atoms with Gasteiger partial charge in [0.25, 0.3) is 10.1 Å². The molecule has 0 amide bonds. The van der Waals surface area contributed by atoms with E-state index in [0.29, 0.717) is 12.8 Å². The van der Waals surface area contributed by atoms with Crippen LogP contribution in [0.4, 0.5) is 0 Å². The first-order valence-corrected chi connectivity index (χ1v) is 6.76. The van der Waals surface area contributed by atoms with Gasteiger partial charge in [-0.05, 0) is 6.42 Å². The van der Waals surface area contributed by atoms with Crippen LogP contribution < -0.4 is 0 Å². The zero-order chi connectivity index (χ0) is 12.4. The molecule has 0 fully saturated rings. The Morgan fingerprint density at radius 1 is 1.31 bits per heavy atom. The van der Waals surface area contributed by atoms with Crippen LogP contribution >= 0.6 is 0 Å². The smallest absolute Gasteiger partial charge is 0.330 e. The lowest BCUT2D eigenvalue weighted by Crippen LogP contribution is -2.13. The third-order valence-electron chi connectivity index (χ3n) is 1.71. The molecule has 0 saturated carbocycles. The van der Waals surface area contributed by atoms with Crippen molar-refractivity contribution in [2.24, 2.45) is 0 Å². The summed E-state index contributed by atoms with van der Waals surface area (Å²) in [5, 5.41) is 0. The highest BCUT2D eigenvalue weighted by molar-refractivity contribution is 7.86. The molecule has 16 heavy (non-hydrogen) atoms. The Morgan fingerprint density at radius 3 is 2.56 bits per heavy atom. The molecule has 0 aliphatic rings. The first-order chi connectivity index (χ1) is 7.52. The van der Waals surface area contributed by atoms with Crippen LogP contribution in [0.5, 0.6) is 0 Å². The van der Waals surface area contributed by atoms with Gasteiger partial charge in [-0.3, -0.25) is 4.18 Å². The molecule has 0 aliphatic carbocycles. The average molecular weight is 250 g/mol. The lowest BCUT2D eigenvalue weighted by molar-refractivity contribution is -0.137. The van der Waals surface area contributed by atoms with Crippen molar-refractivity contribution in [3.05, 3.63) is 12.7 Å². The molecule has 0 heterocycles. The van der Waals surface area contributed by atoms with E-state index in [-0.39, 0.29) is 19.0 Å². The Balaban J connectivity index is 3.58. The molecular formula is C10H18O5S. The summed E-state index contributed by atoms with van der Waals surface area (Å²) in [7, 11) is -3.41. The van der Waals surface area contributed by atoms with Gasteiger partial charge in [0, 0.05) is 12.5 Å². The minimum atomic E-state index is -3.41. The van der Waals surface area contributed by atoms with Gasteiger partial charge >= 0.3 is 5.97 Å². The van der Waals surface area contributed by atoms with Crippen LogP contribution in [0.3, 0.4) is 0 Å². The molecule has 5 nitrogen and oxygen atoms in total. The normalized spacial score (nSPS) is 11.1. The summed E-state index contributed by atoms with van der Waals surface area (Å²) in [6, 6.07) is 0. The Labute approximate surface area is 96.6 Å². The predicted octanol–water partition coefficient (Wildman–Crippen LogP) is 1.25. The number of rotatable bonds is 9. The highest BCUT2D eigenvalue weighted by Gasteiger charge is 2.09. The quantitative estimate of drug-likeness (QED) is 0.266. The fourth-order valence-corrected chi connectivity index (χ4v) is 1.99. The summed E-state index contributed by atoms with van der Waals surface area (Å²) in [5.74, 6) is -0.482. The maximum Gasteiger partial charge on any atom is 0.330 e. The van der Waals surface area contributed by atoms with Gasteiger partial charge in [-0.1, -0.05) is 19.9 Å². The Hall–Kier alpha value is -0.880. The number of ether oxygens (including phenoxy) is 1. The van der Waals surface area contributed by atoms with Gasteiger partial charge < -0.3 is 4.74 Å². The van der Waals surface area contributed by atoms with Gasteiger partial charge in [0.2, 0.25) is 0 Å². The van der Waals surface area contributed by atoms with Crippen molar-refractivity contribution in [1.82, 2.24) is 0 Å². The van der Waals surface area contributed by atoms with Crippen LogP contribution in [0.15, 0.2) is 12.7 Å². The standard InChI is InChI=1S/C10H18O5S/c1-3-5-9-16(12,13)15-8-6-7-14-10(11)4-2/h4H,2-3,5-9H2,1H3. The number of hydrogen-bond donors (Lipinski definition) is 0. The van der Waals surface area contributed by atoms with E-state index in [9.17, 15) is 13.2 Å². The van der Waals surface area contributed by atoms with E-state index in [0.717, 1.165) is 12.5 Å². The van der Waals surface area contributed by atoms with Crippen molar-refractivity contribution in [2.45, 2.75) is 26.2 Å². The van der Waals surface area contributed by atoms with Gasteiger partial charge in [0.1, 0.15) is 0 Å². The third-order valence-corrected chi connectivity index (χ3v) is 3.02. The molecule has 0 aliphatic heterocycles. The fourth-order valence-electron chi connectivity index (χ4n) is 0.857. The molecule has 0 saturated heterocycles. The Kier molecular flexibility index (Phi) is 7.84. The lowest BCUT2D eigenvalue weighted by atomic mass is 10.4. The fraction of sp³-hybridized carbons (Fsp3) is 0.700. The van der Waals surface area contributed by atoms with Gasteiger partial charge in [0.05, 0.1) is 19.0 Å². The first kappa shape index (κ1) is 15.1. The minimum Gasteiger partial charge on any atom is -0.462 e. The highest BCUT2D eigenvalue weighted by Crippen LogP contribution is 2.00. The van der Waals surface area contributed by atoms with Gasteiger partial charge in [0.15, 0.2) is 0 Å². The molecule has 0 aromatic heterocycles. The van der Waals surface area contributed by atoms with Crippen molar-refractivity contribution in [3.8, 4) is 0 Å². The van der Waals surface area contributed by atoms with Crippen molar-refractivity contribution < 1.29 is 22.1 Å². The predicted molar refractivity (Wildman–Crippen MR) is 60.4 cm³/mol. The first-order valence-electron chi connectivity index (χ1n) is 5.18. The van der Waals surface area contributed by atoms with Crippen LogP contribution in [0.2, 0.25) is 0 Å². The van der Waals surface area contributed by atoms with E-state index in [4.69, 9.17) is 4.18 Å². The van der Waals surface area contributed by atoms with Crippen LogP contribution in [0, 0.1) is 0 Å². The largest absolute Gasteiger partial charge is 0.462 e. The Morgan fingerprint density at radius 2 is 2.00 bits per heavy atom. The summed E-state index contributed by atoms with van der Waals surface area (Å²) in [4.78, 5) is 10.6. The second-order valence-corrected chi connectivity index (χ2v) is 4.92. The summed E-state index contributed by atoms with van der Waals surface area (Å²) in [5.41, 5.74) is 0. The SMILES string of the molecule is C=CC(=O)OCCCOS(=O)(=O)CCCC. The topological polar surface area (TPSA) is 69.7 Å². The average Bonchev–Trinajstić information content (AvgIpc) is 2.25. The number of carbonyl (C=O) groups excluding carboxylic acids is 1. The zero-order valence-corrected chi connectivity index (χ0v) is 10.3. The van der Waals surface area contributed by atoms with E-state index in [1.807, 2.05) is 6.92 Å². The van der Waals surface area contributed by atoms with Crippen LogP contribution in [0.25, 0.3) is 0 Å². The van der Waals surface area contributed by atoms with Crippen LogP contribution in [-0.2, 0) is 23.8 Å². The minimum absolute atomic E-state index is 0.0376. The molecule has 0 atom stereocenters. The second kappa shape index (κ2) is 8.29. The molecule has 0 N–H and O–H groups in total. The molecule has 0 aromatic carbocycles. The van der Waals surface area contributed by atoms with E-state index in [1.54, 1.807) is 0 Å². The van der Waals surface area contributed by atoms with E-state index in [2.05, 4.69) is 11.3 Å². The number of carbonyl (C=O) groups is 1. The molecule has 0 unspecified atom stereocenters. The van der Waals surface area contributed by atoms with Crippen molar-refractivity contribution >= 4 is 16.1 Å². The van der Waals surface area contributed by atoms with Crippen molar-refractivity contribution in [2.75, 3.05) is 19.0 Å². The molecular weight excluding hydrogens is 232 g/mol. The molecule has 0 aromatic rings. The number of unbranched alkanes of at least 4 members (excludes halogenated alkanes) is 1. The summed E-state index contributed by atoms with van der Waals surface area (Å²) in [6.45, 7) is 5.31. The van der Waals surface area contributed by atoms with Gasteiger partial charge in [-0.25, -0.2) is 4.79 Å². The maximum absolute atomic E-state index is 11.2. The monoisotopic (exact) mass is 250 g/mol. The molecule has 0 radical (unpaired) electrons. The van der Waals surface area contributed by atoms with Crippen LogP contribution in [0.1, 0.15) is 26.2 Å². The van der Waals surface area contributed by atoms with E-state index < -0.39 is 16.1 Å². The maximum atomic E-state index is 11.2. The van der Waals surface area contributed by atoms with Crippen molar-refractivity contribution in [1.29, 1.82) is 0 Å². The van der Waals surface area contributed by atoms with Gasteiger partial charge in [-0.15, -0.1) is 0 Å². The Bertz CT molecular complexity index is 307. The summed E-state index contributed by atoms with van der Waals surface area (Å²) in [6.07, 6.45) is 2.80. The molecule has 94 valence electrons. The van der Waals surface area contributed by atoms with E-state index >= 15 is 0 Å². The number of esters is 1. The van der Waals surface area contributed by atoms with Crippen LogP contribution in [-0.4, -0.2) is 33.4 Å². The highest BCUT2D eigenvalue weighted by atomic mass is 32.2. The number of hydrogen-bond acceptors (Lipinski definition) is 5. The zero-order valence-electron chi connectivity index (χ0n) is 9.48. The van der Waals surface area contributed by atoms with Gasteiger partial charge in [-0.2, -0.15) is 8.42 Å². The van der Waals surface area contributed by atoms with Crippen molar-refractivity contribution in [3.63, 3.8) is 0 Å². The second-order valence-electron chi connectivity index (χ2n) is 3.16. The lowest BCUT2D eigenvalue weighted by Gasteiger charge is -2.04. The molecule has 0 bridgehead atoms. The summed E-state index contributed by atoms with van der Waals surface area (Å²) >= 11 is 0. The summed E-state index contributed by atoms with van der Waals surface area (Å²) < 4.78 is 31.8. The molecule has 0 spiro atoms. The molecule has 0 rings (SSSR count). The van der Waals surface area contributed by atoms with E-state index in [1.165, 1.54) is 0 Å².